The van der Waals surface area contributed by atoms with E-state index in [2.05, 4.69) is 6.08 Å². The van der Waals surface area contributed by atoms with E-state index in [-0.39, 0.29) is 23.5 Å². The number of allylic oxidation sites excluding steroid dienone is 1. The fourth-order valence-corrected chi connectivity index (χ4v) is 3.82. The molecule has 5 heteroatoms. The zero-order valence-electron chi connectivity index (χ0n) is 12.9. The number of nitrogens with zero attached hydrogens (tertiary/aromatic N) is 1. The van der Waals surface area contributed by atoms with Crippen LogP contribution >= 0.6 is 0 Å². The van der Waals surface area contributed by atoms with E-state index >= 15 is 0 Å². The van der Waals surface area contributed by atoms with Gasteiger partial charge in [0.25, 0.3) is 0 Å². The maximum atomic E-state index is 12.3. The number of hydrogen-bond acceptors (Lipinski definition) is 3. The molecule has 0 bridgehead atoms. The van der Waals surface area contributed by atoms with Gasteiger partial charge in [0.1, 0.15) is 0 Å². The van der Waals surface area contributed by atoms with Crippen molar-refractivity contribution in [2.75, 3.05) is 18.1 Å². The zero-order valence-corrected chi connectivity index (χ0v) is 13.7. The van der Waals surface area contributed by atoms with Crippen molar-refractivity contribution in [3.8, 4) is 0 Å². The highest BCUT2D eigenvalue weighted by molar-refractivity contribution is 7.91. The highest BCUT2D eigenvalue weighted by Crippen LogP contribution is 2.21. The van der Waals surface area contributed by atoms with Crippen LogP contribution in [-0.2, 0) is 14.6 Å². The van der Waals surface area contributed by atoms with Crippen LogP contribution < -0.4 is 0 Å². The molecule has 0 spiro atoms. The van der Waals surface area contributed by atoms with Crippen LogP contribution in [0.25, 0.3) is 0 Å². The lowest BCUT2D eigenvalue weighted by Crippen LogP contribution is -2.42. The molecule has 0 aromatic carbocycles. The van der Waals surface area contributed by atoms with Crippen LogP contribution in [0.2, 0.25) is 0 Å². The molecule has 1 rings (SSSR count). The van der Waals surface area contributed by atoms with Crippen molar-refractivity contribution in [3.05, 3.63) is 11.6 Å². The Morgan fingerprint density at radius 3 is 2.55 bits per heavy atom. The summed E-state index contributed by atoms with van der Waals surface area (Å²) in [5, 5.41) is 0. The molecular formula is C15H27NO3S. The lowest BCUT2D eigenvalue weighted by atomic mass is 9.96. The molecule has 0 saturated heterocycles. The largest absolute Gasteiger partial charge is 0.339 e. The Balaban J connectivity index is 2.64. The van der Waals surface area contributed by atoms with Crippen LogP contribution in [0.4, 0.5) is 0 Å². The second-order valence-corrected chi connectivity index (χ2v) is 7.91. The van der Waals surface area contributed by atoms with Gasteiger partial charge in [-0.15, -0.1) is 0 Å². The summed E-state index contributed by atoms with van der Waals surface area (Å²) >= 11 is 0. The van der Waals surface area contributed by atoms with Crippen molar-refractivity contribution < 1.29 is 13.2 Å². The Kier molecular flexibility index (Phi) is 6.72. The van der Waals surface area contributed by atoms with E-state index in [0.717, 1.165) is 19.3 Å². The summed E-state index contributed by atoms with van der Waals surface area (Å²) < 4.78 is 23.4. The summed E-state index contributed by atoms with van der Waals surface area (Å²) in [6, 6.07) is -0.248. The highest BCUT2D eigenvalue weighted by Gasteiger charge is 2.23. The minimum atomic E-state index is -3.05. The third kappa shape index (κ3) is 5.27. The number of carbonyl (C=O) groups excluding carboxylic acids is 1. The molecule has 1 unspecified atom stereocenters. The summed E-state index contributed by atoms with van der Waals surface area (Å²) in [6.07, 6.45) is 7.05. The zero-order chi connectivity index (χ0) is 15.2. The smallest absolute Gasteiger partial charge is 0.226 e. The molecule has 0 fully saturated rings. The molecule has 0 saturated carbocycles. The van der Waals surface area contributed by atoms with Crippen molar-refractivity contribution in [3.63, 3.8) is 0 Å². The Morgan fingerprint density at radius 1 is 1.35 bits per heavy atom. The predicted molar refractivity (Wildman–Crippen MR) is 82.3 cm³/mol. The van der Waals surface area contributed by atoms with Crippen molar-refractivity contribution >= 4 is 15.7 Å². The molecule has 1 amide bonds. The van der Waals surface area contributed by atoms with E-state index < -0.39 is 9.84 Å². The molecule has 116 valence electrons. The Bertz CT molecular complexity index is 454. The number of hydrogen-bond donors (Lipinski definition) is 0. The van der Waals surface area contributed by atoms with Crippen LogP contribution in [0.15, 0.2) is 11.6 Å². The fourth-order valence-electron chi connectivity index (χ4n) is 2.67. The topological polar surface area (TPSA) is 54.5 Å². The molecule has 1 aliphatic carbocycles. The summed E-state index contributed by atoms with van der Waals surface area (Å²) in [7, 11) is -3.05. The van der Waals surface area contributed by atoms with Gasteiger partial charge in [-0.2, -0.15) is 0 Å². The Labute approximate surface area is 123 Å². The van der Waals surface area contributed by atoms with Crippen LogP contribution in [0.5, 0.6) is 0 Å². The highest BCUT2D eigenvalue weighted by atomic mass is 32.2. The van der Waals surface area contributed by atoms with Gasteiger partial charge in [0.05, 0.1) is 5.75 Å². The van der Waals surface area contributed by atoms with Gasteiger partial charge in [-0.25, -0.2) is 8.42 Å². The summed E-state index contributed by atoms with van der Waals surface area (Å²) in [6.45, 7) is 5.94. The van der Waals surface area contributed by atoms with Crippen molar-refractivity contribution in [1.29, 1.82) is 0 Å². The first-order chi connectivity index (χ1) is 9.39. The van der Waals surface area contributed by atoms with Crippen LogP contribution in [0.1, 0.15) is 52.9 Å². The van der Waals surface area contributed by atoms with Crippen LogP contribution in [0.3, 0.4) is 0 Å². The van der Waals surface area contributed by atoms with Crippen molar-refractivity contribution in [1.82, 2.24) is 4.90 Å². The van der Waals surface area contributed by atoms with Gasteiger partial charge in [0.2, 0.25) is 5.91 Å². The molecule has 0 radical (unpaired) electrons. The number of amides is 1. The number of rotatable bonds is 7. The van der Waals surface area contributed by atoms with Gasteiger partial charge in [-0.3, -0.25) is 4.79 Å². The molecule has 1 atom stereocenters. The molecule has 0 N–H and O–H groups in total. The van der Waals surface area contributed by atoms with E-state index in [4.69, 9.17) is 0 Å². The van der Waals surface area contributed by atoms with Crippen LogP contribution in [-0.4, -0.2) is 43.3 Å². The molecule has 0 heterocycles. The van der Waals surface area contributed by atoms with Gasteiger partial charge in [-0.05, 0) is 39.5 Å². The third-order valence-electron chi connectivity index (χ3n) is 3.89. The maximum Gasteiger partial charge on any atom is 0.226 e. The van der Waals surface area contributed by atoms with Crippen molar-refractivity contribution in [2.24, 2.45) is 0 Å². The summed E-state index contributed by atoms with van der Waals surface area (Å²) in [5.41, 5.74) is 1.21. The number of carbonyl (C=O) groups is 1. The normalized spacial score (nSPS) is 17.4. The Hall–Kier alpha value is -0.840. The van der Waals surface area contributed by atoms with Gasteiger partial charge in [0, 0.05) is 24.8 Å². The third-order valence-corrected chi connectivity index (χ3v) is 5.76. The van der Waals surface area contributed by atoms with E-state index in [1.54, 1.807) is 11.8 Å². The summed E-state index contributed by atoms with van der Waals surface area (Å²) in [5.74, 6) is 0.246. The van der Waals surface area contributed by atoms with Gasteiger partial charge in [0.15, 0.2) is 9.84 Å². The average molecular weight is 301 g/mol. The molecule has 0 aliphatic heterocycles. The molecule has 1 aliphatic rings. The summed E-state index contributed by atoms with van der Waals surface area (Å²) in [4.78, 5) is 14.0. The molecule has 0 aromatic rings. The maximum absolute atomic E-state index is 12.3. The van der Waals surface area contributed by atoms with E-state index in [0.29, 0.717) is 13.0 Å². The minimum absolute atomic E-state index is 0.0550. The first-order valence-corrected chi connectivity index (χ1v) is 9.39. The van der Waals surface area contributed by atoms with E-state index in [1.807, 2.05) is 13.8 Å². The fraction of sp³-hybridized carbons (Fsp3) is 0.800. The predicted octanol–water partition coefficient (Wildman–Crippen LogP) is 2.55. The molecular weight excluding hydrogens is 274 g/mol. The molecule has 20 heavy (non-hydrogen) atoms. The second-order valence-electron chi connectivity index (χ2n) is 5.51. The minimum Gasteiger partial charge on any atom is -0.339 e. The second kappa shape index (κ2) is 7.81. The monoisotopic (exact) mass is 301 g/mol. The first kappa shape index (κ1) is 17.2. The lowest BCUT2D eigenvalue weighted by molar-refractivity contribution is -0.131. The SMILES string of the molecule is CCN(C(=O)CC1=CCCCC1)C(C)CS(=O)(=O)CC. The standard InChI is InChI=1S/C15H27NO3S/c1-4-16(13(3)12-20(18,19)5-2)15(17)11-14-9-7-6-8-10-14/h9,13H,4-8,10-12H2,1-3H3. The Morgan fingerprint density at radius 2 is 2.05 bits per heavy atom. The van der Waals surface area contributed by atoms with Gasteiger partial charge >= 0.3 is 0 Å². The van der Waals surface area contributed by atoms with Crippen molar-refractivity contribution in [2.45, 2.75) is 58.9 Å². The van der Waals surface area contributed by atoms with Gasteiger partial charge in [-0.1, -0.05) is 18.6 Å². The number of sulfone groups is 1. The van der Waals surface area contributed by atoms with Crippen LogP contribution in [0, 0.1) is 0 Å². The first-order valence-electron chi connectivity index (χ1n) is 7.57. The van der Waals surface area contributed by atoms with Gasteiger partial charge < -0.3 is 4.90 Å². The van der Waals surface area contributed by atoms with E-state index in [9.17, 15) is 13.2 Å². The van der Waals surface area contributed by atoms with E-state index in [1.165, 1.54) is 12.0 Å². The quantitative estimate of drug-likeness (QED) is 0.679. The average Bonchev–Trinajstić information content (AvgIpc) is 2.40. The lowest BCUT2D eigenvalue weighted by Gasteiger charge is -2.28. The molecule has 0 aromatic heterocycles. The molecule has 4 nitrogen and oxygen atoms in total.